The van der Waals surface area contributed by atoms with Crippen molar-refractivity contribution in [1.29, 1.82) is 0 Å². The molecule has 3 heterocycles. The molecule has 1 aromatic carbocycles. The van der Waals surface area contributed by atoms with Gasteiger partial charge in [-0.2, -0.15) is 0 Å². The maximum Gasteiger partial charge on any atom is 0.255 e. The Morgan fingerprint density at radius 3 is 2.85 bits per heavy atom. The maximum absolute atomic E-state index is 13.1. The summed E-state index contributed by atoms with van der Waals surface area (Å²) >= 11 is 0. The summed E-state index contributed by atoms with van der Waals surface area (Å²) in [4.78, 5) is 19.4. The van der Waals surface area contributed by atoms with Crippen LogP contribution in [0.15, 0.2) is 55.0 Å². The van der Waals surface area contributed by atoms with Crippen LogP contribution in [0.1, 0.15) is 41.6 Å². The normalized spacial score (nSPS) is 17.5. The quantitative estimate of drug-likeness (QED) is 0.782. The molecule has 5 heteroatoms. The van der Waals surface area contributed by atoms with Crippen LogP contribution in [0.5, 0.6) is 5.75 Å². The van der Waals surface area contributed by atoms with Gasteiger partial charge < -0.3 is 14.4 Å². The number of benzene rings is 1. The van der Waals surface area contributed by atoms with Crippen LogP contribution in [0.25, 0.3) is 5.65 Å². The number of hydrogen-bond donors (Lipinski definition) is 1. The zero-order valence-corrected chi connectivity index (χ0v) is 14.7. The molecule has 4 rings (SSSR count). The van der Waals surface area contributed by atoms with E-state index in [2.05, 4.69) is 4.98 Å². The summed E-state index contributed by atoms with van der Waals surface area (Å²) < 4.78 is 1.89. The minimum Gasteiger partial charge on any atom is -0.508 e. The van der Waals surface area contributed by atoms with E-state index in [4.69, 9.17) is 0 Å². The van der Waals surface area contributed by atoms with Crippen molar-refractivity contribution in [3.63, 3.8) is 0 Å². The van der Waals surface area contributed by atoms with E-state index in [1.54, 1.807) is 18.3 Å². The molecule has 26 heavy (non-hydrogen) atoms. The predicted octanol–water partition coefficient (Wildman–Crippen LogP) is 3.67. The number of nitrogens with zero attached hydrogens (tertiary/aromatic N) is 3. The third-order valence-electron chi connectivity index (χ3n) is 5.23. The predicted molar refractivity (Wildman–Crippen MR) is 100 cm³/mol. The van der Waals surface area contributed by atoms with Crippen molar-refractivity contribution in [3.8, 4) is 5.75 Å². The second-order valence-corrected chi connectivity index (χ2v) is 6.96. The van der Waals surface area contributed by atoms with Gasteiger partial charge in [-0.3, -0.25) is 4.79 Å². The summed E-state index contributed by atoms with van der Waals surface area (Å²) in [7, 11) is 0. The zero-order valence-electron chi connectivity index (χ0n) is 14.7. The summed E-state index contributed by atoms with van der Waals surface area (Å²) in [5, 5.41) is 9.41. The van der Waals surface area contributed by atoms with E-state index >= 15 is 0 Å². The van der Waals surface area contributed by atoms with Crippen LogP contribution in [-0.2, 0) is 6.42 Å². The van der Waals surface area contributed by atoms with Crippen molar-refractivity contribution in [1.82, 2.24) is 14.3 Å². The van der Waals surface area contributed by atoms with Gasteiger partial charge in [0.15, 0.2) is 0 Å². The number of phenols is 1. The van der Waals surface area contributed by atoms with Gasteiger partial charge in [-0.25, -0.2) is 4.98 Å². The van der Waals surface area contributed by atoms with E-state index in [-0.39, 0.29) is 17.7 Å². The fraction of sp³-hybridized carbons (Fsp3) is 0.333. The fourth-order valence-corrected chi connectivity index (χ4v) is 3.78. The van der Waals surface area contributed by atoms with Crippen LogP contribution >= 0.6 is 0 Å². The molecule has 1 amide bonds. The second kappa shape index (κ2) is 7.20. The van der Waals surface area contributed by atoms with E-state index in [0.717, 1.165) is 37.9 Å². The molecule has 0 spiro atoms. The molecular formula is C21H23N3O2. The van der Waals surface area contributed by atoms with Crippen LogP contribution in [-0.4, -0.2) is 37.9 Å². The van der Waals surface area contributed by atoms with Crippen molar-refractivity contribution >= 4 is 11.6 Å². The summed E-state index contributed by atoms with van der Waals surface area (Å²) in [5.41, 5.74) is 2.76. The van der Waals surface area contributed by atoms with Crippen molar-refractivity contribution in [2.45, 2.75) is 38.1 Å². The first-order chi connectivity index (χ1) is 12.7. The molecule has 1 unspecified atom stereocenters. The molecule has 1 aliphatic rings. The standard InChI is InChI=1S/C21H23N3O2/c25-19-9-5-16(6-10-19)4-8-18-3-1-2-13-24(18)21(26)17-7-11-20-22-12-14-23(20)15-17/h5-7,9-12,14-15,18,25H,1-4,8,13H2. The number of likely N-dealkylation sites (tertiary alicyclic amines) is 1. The largest absolute Gasteiger partial charge is 0.508 e. The lowest BCUT2D eigenvalue weighted by molar-refractivity contribution is 0.0601. The number of piperidine rings is 1. The summed E-state index contributed by atoms with van der Waals surface area (Å²) in [5.74, 6) is 0.397. The molecule has 1 saturated heterocycles. The number of phenolic OH excluding ortho intramolecular Hbond substituents is 1. The number of rotatable bonds is 4. The second-order valence-electron chi connectivity index (χ2n) is 6.96. The molecule has 1 aliphatic heterocycles. The van der Waals surface area contributed by atoms with E-state index in [9.17, 15) is 9.90 Å². The summed E-state index contributed by atoms with van der Waals surface area (Å²) in [6, 6.07) is 11.4. The number of pyridine rings is 1. The molecule has 0 saturated carbocycles. The highest BCUT2D eigenvalue weighted by molar-refractivity contribution is 5.94. The molecule has 1 N–H and O–H groups in total. The lowest BCUT2D eigenvalue weighted by atomic mass is 9.95. The number of carbonyl (C=O) groups excluding carboxylic acids is 1. The number of aromatic nitrogens is 2. The van der Waals surface area contributed by atoms with Gasteiger partial charge >= 0.3 is 0 Å². The number of aromatic hydroxyl groups is 1. The Kier molecular flexibility index (Phi) is 4.61. The number of carbonyl (C=O) groups is 1. The van der Waals surface area contributed by atoms with Crippen molar-refractivity contribution in [3.05, 3.63) is 66.1 Å². The van der Waals surface area contributed by atoms with Crippen LogP contribution in [0.2, 0.25) is 0 Å². The summed E-state index contributed by atoms with van der Waals surface area (Å²) in [6.45, 7) is 0.820. The average molecular weight is 349 g/mol. The monoisotopic (exact) mass is 349 g/mol. The zero-order chi connectivity index (χ0) is 17.9. The molecule has 1 fully saturated rings. The van der Waals surface area contributed by atoms with Crippen molar-refractivity contribution in [2.24, 2.45) is 0 Å². The molecule has 5 nitrogen and oxygen atoms in total. The van der Waals surface area contributed by atoms with Gasteiger partial charge in [0.25, 0.3) is 5.91 Å². The topological polar surface area (TPSA) is 57.8 Å². The van der Waals surface area contributed by atoms with Crippen molar-refractivity contribution < 1.29 is 9.90 Å². The third-order valence-corrected chi connectivity index (χ3v) is 5.23. The van der Waals surface area contributed by atoms with Gasteiger partial charge in [-0.1, -0.05) is 12.1 Å². The highest BCUT2D eigenvalue weighted by Crippen LogP contribution is 2.24. The average Bonchev–Trinajstić information content (AvgIpc) is 3.15. The number of imidazole rings is 1. The molecule has 0 aliphatic carbocycles. The maximum atomic E-state index is 13.1. The van der Waals surface area contributed by atoms with Gasteiger partial charge in [0.1, 0.15) is 11.4 Å². The van der Waals surface area contributed by atoms with Gasteiger partial charge in [-0.05, 0) is 61.9 Å². The molecule has 134 valence electrons. The molecule has 0 bridgehead atoms. The van der Waals surface area contributed by atoms with Crippen molar-refractivity contribution in [2.75, 3.05) is 6.54 Å². The first kappa shape index (κ1) is 16.6. The highest BCUT2D eigenvalue weighted by atomic mass is 16.3. The van der Waals surface area contributed by atoms with E-state index in [0.29, 0.717) is 5.56 Å². The Morgan fingerprint density at radius 2 is 2.00 bits per heavy atom. The Bertz CT molecular complexity index is 901. The van der Waals surface area contributed by atoms with Crippen LogP contribution in [0, 0.1) is 0 Å². The number of hydrogen-bond acceptors (Lipinski definition) is 3. The Labute approximate surface area is 152 Å². The minimum atomic E-state index is 0.107. The van der Waals surface area contributed by atoms with Gasteiger partial charge in [0.2, 0.25) is 0 Å². The minimum absolute atomic E-state index is 0.107. The molecule has 1 atom stereocenters. The Hall–Kier alpha value is -2.82. The highest BCUT2D eigenvalue weighted by Gasteiger charge is 2.27. The van der Waals surface area contributed by atoms with E-state index < -0.39 is 0 Å². The Morgan fingerprint density at radius 1 is 1.15 bits per heavy atom. The number of fused-ring (bicyclic) bond motifs is 1. The summed E-state index contributed by atoms with van der Waals surface area (Å²) in [6.07, 6.45) is 10.6. The SMILES string of the molecule is O=C(c1ccc2nccn2c1)N1CCCCC1CCc1ccc(O)cc1. The third kappa shape index (κ3) is 3.43. The van der Waals surface area contributed by atoms with Gasteiger partial charge in [0.05, 0.1) is 5.56 Å². The lowest BCUT2D eigenvalue weighted by Gasteiger charge is -2.36. The van der Waals surface area contributed by atoms with Gasteiger partial charge in [0, 0.05) is 31.2 Å². The van der Waals surface area contributed by atoms with E-state index in [1.807, 2.05) is 46.0 Å². The first-order valence-electron chi connectivity index (χ1n) is 9.22. The molecule has 0 radical (unpaired) electrons. The lowest BCUT2D eigenvalue weighted by Crippen LogP contribution is -2.44. The molecule has 2 aromatic heterocycles. The molecule has 3 aromatic rings. The van der Waals surface area contributed by atoms with Crippen LogP contribution in [0.3, 0.4) is 0 Å². The Balaban J connectivity index is 1.48. The van der Waals surface area contributed by atoms with Crippen LogP contribution in [0.4, 0.5) is 0 Å². The van der Waals surface area contributed by atoms with E-state index in [1.165, 1.54) is 12.0 Å². The van der Waals surface area contributed by atoms with Gasteiger partial charge in [-0.15, -0.1) is 0 Å². The number of amides is 1. The number of aryl methyl sites for hydroxylation is 1. The fourth-order valence-electron chi connectivity index (χ4n) is 3.78. The molecular weight excluding hydrogens is 326 g/mol. The first-order valence-corrected chi connectivity index (χ1v) is 9.22. The smallest absolute Gasteiger partial charge is 0.255 e. The van der Waals surface area contributed by atoms with Crippen LogP contribution < -0.4 is 0 Å².